The van der Waals surface area contributed by atoms with Gasteiger partial charge in [-0.2, -0.15) is 0 Å². The molecule has 0 saturated carbocycles. The van der Waals surface area contributed by atoms with Crippen LogP contribution in [-0.2, 0) is 11.3 Å². The minimum Gasteiger partial charge on any atom is -0.508 e. The van der Waals surface area contributed by atoms with E-state index in [9.17, 15) is 24.2 Å². The van der Waals surface area contributed by atoms with Crippen molar-refractivity contribution >= 4 is 11.9 Å². The van der Waals surface area contributed by atoms with Crippen LogP contribution in [0.2, 0.25) is 0 Å². The molecule has 1 amide bonds. The molecule has 4 atom stereocenters. The van der Waals surface area contributed by atoms with Gasteiger partial charge in [0.15, 0.2) is 0 Å². The second-order valence-electron chi connectivity index (χ2n) is 11.1. The SMILES string of the molecule is C[C@@H]1CN([C@@H](c2cccc(O)c2)c2cccc(C(=O)N3CCC[C@H]3C(=O)O)c2)[C@@H](C)CN1Cc1cccc(F)c1. The number of carbonyl (C=O) groups is 2. The van der Waals surface area contributed by atoms with E-state index >= 15 is 0 Å². The lowest BCUT2D eigenvalue weighted by atomic mass is 9.92. The summed E-state index contributed by atoms with van der Waals surface area (Å²) in [6.45, 7) is 6.90. The third-order valence-corrected chi connectivity index (χ3v) is 8.20. The molecule has 2 aliphatic rings. The van der Waals surface area contributed by atoms with Crippen LogP contribution in [0.1, 0.15) is 59.8 Å². The maximum Gasteiger partial charge on any atom is 0.326 e. The molecular weight excluding hydrogens is 509 g/mol. The Kier molecular flexibility index (Phi) is 8.19. The van der Waals surface area contributed by atoms with Crippen molar-refractivity contribution in [1.29, 1.82) is 0 Å². The number of benzene rings is 3. The highest BCUT2D eigenvalue weighted by Gasteiger charge is 2.37. The molecule has 0 radical (unpaired) electrons. The zero-order valence-corrected chi connectivity index (χ0v) is 22.9. The van der Waals surface area contributed by atoms with Crippen molar-refractivity contribution in [2.24, 2.45) is 0 Å². The third-order valence-electron chi connectivity index (χ3n) is 8.20. The molecule has 0 bridgehead atoms. The van der Waals surface area contributed by atoms with E-state index in [-0.39, 0.29) is 35.6 Å². The second kappa shape index (κ2) is 11.8. The molecule has 40 heavy (non-hydrogen) atoms. The number of likely N-dealkylation sites (tertiary alicyclic amines) is 1. The summed E-state index contributed by atoms with van der Waals surface area (Å²) < 4.78 is 13.8. The van der Waals surface area contributed by atoms with Crippen molar-refractivity contribution in [3.63, 3.8) is 0 Å². The molecule has 3 aromatic rings. The molecule has 210 valence electrons. The van der Waals surface area contributed by atoms with E-state index in [1.165, 1.54) is 11.0 Å². The van der Waals surface area contributed by atoms with Crippen molar-refractivity contribution in [2.75, 3.05) is 19.6 Å². The summed E-state index contributed by atoms with van der Waals surface area (Å²) >= 11 is 0. The van der Waals surface area contributed by atoms with E-state index in [2.05, 4.69) is 23.6 Å². The van der Waals surface area contributed by atoms with Gasteiger partial charge in [0, 0.05) is 43.8 Å². The summed E-state index contributed by atoms with van der Waals surface area (Å²) in [4.78, 5) is 31.4. The molecule has 2 heterocycles. The highest BCUT2D eigenvalue weighted by molar-refractivity contribution is 5.97. The van der Waals surface area contributed by atoms with Gasteiger partial charge in [-0.15, -0.1) is 0 Å². The van der Waals surface area contributed by atoms with Crippen LogP contribution in [-0.4, -0.2) is 74.5 Å². The number of carboxylic acid groups (broad SMARTS) is 1. The number of rotatable bonds is 7. The van der Waals surface area contributed by atoms with Crippen molar-refractivity contribution < 1.29 is 24.2 Å². The fourth-order valence-electron chi connectivity index (χ4n) is 6.22. The van der Waals surface area contributed by atoms with Gasteiger partial charge in [0.1, 0.15) is 17.6 Å². The fraction of sp³-hybridized carbons (Fsp3) is 0.375. The number of hydrogen-bond donors (Lipinski definition) is 2. The number of carboxylic acids is 1. The first-order valence-electron chi connectivity index (χ1n) is 13.9. The van der Waals surface area contributed by atoms with Crippen LogP contribution < -0.4 is 0 Å². The van der Waals surface area contributed by atoms with Gasteiger partial charge in [0.05, 0.1) is 6.04 Å². The molecule has 2 saturated heterocycles. The van der Waals surface area contributed by atoms with Crippen LogP contribution in [0.25, 0.3) is 0 Å². The first-order chi connectivity index (χ1) is 19.2. The maximum absolute atomic E-state index is 13.8. The minimum atomic E-state index is -0.974. The standard InChI is InChI=1S/C32H36FN3O4/c1-21-19-36(22(2)18-34(21)20-23-7-3-11-27(33)15-23)30(25-9-5-12-28(37)17-25)24-8-4-10-26(16-24)31(38)35-14-6-13-29(35)32(39)40/h3-5,7-12,15-17,21-22,29-30,37H,6,13-14,18-20H2,1-2H3,(H,39,40)/t21-,22+,29+,30-/m1/s1. The number of amides is 1. The van der Waals surface area contributed by atoms with Crippen LogP contribution in [0, 0.1) is 5.82 Å². The predicted molar refractivity (Wildman–Crippen MR) is 151 cm³/mol. The molecule has 0 unspecified atom stereocenters. The Morgan fingerprint density at radius 3 is 2.40 bits per heavy atom. The highest BCUT2D eigenvalue weighted by Crippen LogP contribution is 2.35. The molecule has 0 spiro atoms. The molecule has 2 fully saturated rings. The van der Waals surface area contributed by atoms with Gasteiger partial charge in [0.2, 0.25) is 0 Å². The van der Waals surface area contributed by atoms with E-state index < -0.39 is 12.0 Å². The number of nitrogens with zero attached hydrogens (tertiary/aromatic N) is 3. The number of aromatic hydroxyl groups is 1. The van der Waals surface area contributed by atoms with E-state index in [0.717, 1.165) is 29.8 Å². The average molecular weight is 546 g/mol. The van der Waals surface area contributed by atoms with Crippen LogP contribution in [0.3, 0.4) is 0 Å². The van der Waals surface area contributed by atoms with Crippen LogP contribution >= 0.6 is 0 Å². The van der Waals surface area contributed by atoms with Gasteiger partial charge in [-0.1, -0.05) is 36.4 Å². The molecule has 2 aliphatic heterocycles. The van der Waals surface area contributed by atoms with Gasteiger partial charge in [-0.05, 0) is 79.8 Å². The summed E-state index contributed by atoms with van der Waals surface area (Å²) in [5.74, 6) is -1.32. The minimum absolute atomic E-state index is 0.117. The monoisotopic (exact) mass is 545 g/mol. The normalized spacial score (nSPS) is 22.8. The third kappa shape index (κ3) is 5.88. The van der Waals surface area contributed by atoms with Crippen molar-refractivity contribution in [3.05, 3.63) is 101 Å². The Morgan fingerprint density at radius 1 is 0.950 bits per heavy atom. The largest absolute Gasteiger partial charge is 0.508 e. The summed E-state index contributed by atoms with van der Waals surface area (Å²) in [5, 5.41) is 19.9. The smallest absolute Gasteiger partial charge is 0.326 e. The van der Waals surface area contributed by atoms with Crippen LogP contribution in [0.5, 0.6) is 5.75 Å². The Labute approximate surface area is 234 Å². The molecule has 3 aromatic carbocycles. The van der Waals surface area contributed by atoms with E-state index in [0.29, 0.717) is 31.5 Å². The number of piperazine rings is 1. The Morgan fingerprint density at radius 2 is 1.68 bits per heavy atom. The number of phenolic OH excluding ortho intramolecular Hbond substituents is 1. The Bertz CT molecular complexity index is 1380. The molecule has 0 aliphatic carbocycles. The molecule has 7 nitrogen and oxygen atoms in total. The van der Waals surface area contributed by atoms with Crippen molar-refractivity contribution in [2.45, 2.75) is 57.4 Å². The Hall–Kier alpha value is -3.75. The van der Waals surface area contributed by atoms with Gasteiger partial charge in [-0.3, -0.25) is 14.6 Å². The lowest BCUT2D eigenvalue weighted by Crippen LogP contribution is -2.56. The van der Waals surface area contributed by atoms with Crippen molar-refractivity contribution in [1.82, 2.24) is 14.7 Å². The number of carbonyl (C=O) groups excluding carboxylic acids is 1. The van der Waals surface area contributed by atoms with E-state index in [4.69, 9.17) is 0 Å². The van der Waals surface area contributed by atoms with Crippen LogP contribution in [0.4, 0.5) is 4.39 Å². The van der Waals surface area contributed by atoms with E-state index in [1.807, 2.05) is 36.4 Å². The summed E-state index contributed by atoms with van der Waals surface area (Å²) in [5.41, 5.74) is 3.21. The fourth-order valence-corrected chi connectivity index (χ4v) is 6.22. The number of halogens is 1. The molecular formula is C32H36FN3O4. The summed E-state index contributed by atoms with van der Waals surface area (Å²) in [6.07, 6.45) is 1.13. The lowest BCUT2D eigenvalue weighted by Gasteiger charge is -2.47. The highest BCUT2D eigenvalue weighted by atomic mass is 19.1. The molecule has 2 N–H and O–H groups in total. The van der Waals surface area contributed by atoms with Gasteiger partial charge in [0.25, 0.3) is 5.91 Å². The van der Waals surface area contributed by atoms with E-state index in [1.54, 1.807) is 30.3 Å². The van der Waals surface area contributed by atoms with Crippen molar-refractivity contribution in [3.8, 4) is 5.75 Å². The summed E-state index contributed by atoms with van der Waals surface area (Å²) in [6, 6.07) is 20.6. The zero-order chi connectivity index (χ0) is 28.4. The topological polar surface area (TPSA) is 84.3 Å². The Balaban J connectivity index is 1.45. The quantitative estimate of drug-likeness (QED) is 0.439. The zero-order valence-electron chi connectivity index (χ0n) is 22.9. The maximum atomic E-state index is 13.8. The van der Waals surface area contributed by atoms with Gasteiger partial charge < -0.3 is 15.1 Å². The number of hydrogen-bond acceptors (Lipinski definition) is 5. The van der Waals surface area contributed by atoms with Gasteiger partial charge in [-0.25, -0.2) is 9.18 Å². The first-order valence-corrected chi connectivity index (χ1v) is 13.9. The van der Waals surface area contributed by atoms with Crippen LogP contribution in [0.15, 0.2) is 72.8 Å². The lowest BCUT2D eigenvalue weighted by molar-refractivity contribution is -0.141. The first kappa shape index (κ1) is 27.8. The number of aliphatic carboxylic acids is 1. The average Bonchev–Trinajstić information content (AvgIpc) is 3.42. The molecule has 5 rings (SSSR count). The molecule has 0 aromatic heterocycles. The second-order valence-corrected chi connectivity index (χ2v) is 11.1. The molecule has 8 heteroatoms. The number of phenols is 1. The van der Waals surface area contributed by atoms with Gasteiger partial charge >= 0.3 is 5.97 Å². The predicted octanol–water partition coefficient (Wildman–Crippen LogP) is 4.90. The summed E-state index contributed by atoms with van der Waals surface area (Å²) in [7, 11) is 0.